The van der Waals surface area contributed by atoms with E-state index in [0.717, 1.165) is 16.7 Å². The summed E-state index contributed by atoms with van der Waals surface area (Å²) >= 11 is 0. The molecule has 2 atom stereocenters. The topological polar surface area (TPSA) is 67.8 Å². The molecule has 0 bridgehead atoms. The minimum absolute atomic E-state index is 0.00743. The van der Waals surface area contributed by atoms with Crippen molar-refractivity contribution in [3.05, 3.63) is 82.9 Å². The first-order valence-electron chi connectivity index (χ1n) is 8.75. The molecule has 2 N–H and O–H groups in total. The average Bonchev–Trinajstić information content (AvgIpc) is 2.72. The summed E-state index contributed by atoms with van der Waals surface area (Å²) in [6.45, 7) is 0.306. The second-order valence-electron chi connectivity index (χ2n) is 6.34. The quantitative estimate of drug-likeness (QED) is 0.819. The maximum Gasteiger partial charge on any atom is 0.285 e. The molecule has 3 rings (SSSR count). The lowest BCUT2D eigenvalue weighted by Crippen LogP contribution is -2.31. The van der Waals surface area contributed by atoms with Crippen LogP contribution >= 0.6 is 0 Å². The monoisotopic (exact) mass is 371 g/mol. The van der Waals surface area contributed by atoms with Crippen molar-refractivity contribution < 1.29 is 23.8 Å². The zero-order valence-electron chi connectivity index (χ0n) is 15.0. The fraction of sp³-hybridized carbons (Fsp3) is 0.286. The molecule has 0 spiro atoms. The van der Waals surface area contributed by atoms with E-state index in [1.807, 2.05) is 24.3 Å². The van der Waals surface area contributed by atoms with E-state index >= 15 is 0 Å². The first-order chi connectivity index (χ1) is 13.1. The standard InChI is InChI=1S/C21H22FNO4/c1-23-21(25)19-10-17(16-6-8-18(22)9-7-16)11-20(27-19)26-13-15-4-2-14(12-24)3-5-15/h2-10,17,20,24H,11-13H2,1H3,(H,23,25)/t17-,20+/m0/s1. The van der Waals surface area contributed by atoms with E-state index in [2.05, 4.69) is 5.32 Å². The van der Waals surface area contributed by atoms with Crippen molar-refractivity contribution in [1.82, 2.24) is 5.32 Å². The molecule has 0 saturated heterocycles. The Labute approximate surface area is 157 Å². The lowest BCUT2D eigenvalue weighted by molar-refractivity contribution is -0.150. The number of carbonyl (C=O) groups excluding carboxylic acids is 1. The molecule has 2 aromatic rings. The minimum atomic E-state index is -0.602. The normalized spacial score (nSPS) is 19.1. The van der Waals surface area contributed by atoms with Gasteiger partial charge in [-0.1, -0.05) is 36.4 Å². The number of nitrogens with one attached hydrogen (secondary N) is 1. The van der Waals surface area contributed by atoms with Gasteiger partial charge in [-0.25, -0.2) is 4.39 Å². The highest BCUT2D eigenvalue weighted by atomic mass is 19.1. The second kappa shape index (κ2) is 8.79. The zero-order valence-corrected chi connectivity index (χ0v) is 15.0. The van der Waals surface area contributed by atoms with Gasteiger partial charge in [0.25, 0.3) is 5.91 Å². The Kier molecular flexibility index (Phi) is 6.21. The van der Waals surface area contributed by atoms with Crippen LogP contribution in [-0.4, -0.2) is 24.4 Å². The first-order valence-corrected chi connectivity index (χ1v) is 8.75. The van der Waals surface area contributed by atoms with Crippen LogP contribution in [0.5, 0.6) is 0 Å². The van der Waals surface area contributed by atoms with Crippen molar-refractivity contribution in [2.24, 2.45) is 0 Å². The molecule has 0 radical (unpaired) electrons. The van der Waals surface area contributed by atoms with Crippen LogP contribution < -0.4 is 5.32 Å². The van der Waals surface area contributed by atoms with Gasteiger partial charge in [0.15, 0.2) is 5.76 Å². The lowest BCUT2D eigenvalue weighted by atomic mass is 9.93. The minimum Gasteiger partial charge on any atom is -0.459 e. The summed E-state index contributed by atoms with van der Waals surface area (Å²) in [5.41, 5.74) is 2.65. The predicted octanol–water partition coefficient (Wildman–Crippen LogP) is 2.99. The molecule has 1 aliphatic rings. The van der Waals surface area contributed by atoms with Crippen LogP contribution in [0.2, 0.25) is 0 Å². The van der Waals surface area contributed by atoms with Crippen LogP contribution in [0.1, 0.15) is 29.0 Å². The van der Waals surface area contributed by atoms with Gasteiger partial charge in [0.1, 0.15) is 5.82 Å². The number of hydrogen-bond acceptors (Lipinski definition) is 4. The van der Waals surface area contributed by atoms with Crippen LogP contribution in [0.15, 0.2) is 60.4 Å². The van der Waals surface area contributed by atoms with E-state index < -0.39 is 6.29 Å². The molecule has 1 aliphatic heterocycles. The number of aliphatic hydroxyl groups excluding tert-OH is 1. The van der Waals surface area contributed by atoms with Crippen molar-refractivity contribution in [1.29, 1.82) is 0 Å². The third-order valence-corrected chi connectivity index (χ3v) is 4.45. The van der Waals surface area contributed by atoms with E-state index in [1.165, 1.54) is 19.2 Å². The highest BCUT2D eigenvalue weighted by Crippen LogP contribution is 2.32. The van der Waals surface area contributed by atoms with E-state index in [0.29, 0.717) is 13.0 Å². The summed E-state index contributed by atoms with van der Waals surface area (Å²) < 4.78 is 24.8. The lowest BCUT2D eigenvalue weighted by Gasteiger charge is -2.29. The number of benzene rings is 2. The van der Waals surface area contributed by atoms with Crippen LogP contribution in [0.4, 0.5) is 4.39 Å². The van der Waals surface area contributed by atoms with Crippen molar-refractivity contribution in [2.45, 2.75) is 31.8 Å². The molecule has 1 amide bonds. The largest absolute Gasteiger partial charge is 0.459 e. The summed E-state index contributed by atoms with van der Waals surface area (Å²) in [5, 5.41) is 11.7. The number of amides is 1. The fourth-order valence-corrected chi connectivity index (χ4v) is 2.91. The van der Waals surface area contributed by atoms with Crippen molar-refractivity contribution >= 4 is 5.91 Å². The molecule has 0 saturated carbocycles. The Balaban J connectivity index is 1.72. The highest BCUT2D eigenvalue weighted by Gasteiger charge is 2.28. The van der Waals surface area contributed by atoms with Crippen LogP contribution in [0, 0.1) is 5.82 Å². The zero-order chi connectivity index (χ0) is 19.2. The van der Waals surface area contributed by atoms with Crippen LogP contribution in [0.3, 0.4) is 0 Å². The van der Waals surface area contributed by atoms with Crippen molar-refractivity contribution in [2.75, 3.05) is 7.05 Å². The SMILES string of the molecule is CNC(=O)C1=C[C@H](c2ccc(F)cc2)C[C@H](OCc2ccc(CO)cc2)O1. The molecule has 0 unspecified atom stereocenters. The molecule has 6 heteroatoms. The summed E-state index contributed by atoms with van der Waals surface area (Å²) in [6.07, 6.45) is 1.65. The van der Waals surface area contributed by atoms with Gasteiger partial charge in [0.2, 0.25) is 6.29 Å². The maximum atomic E-state index is 13.2. The van der Waals surface area contributed by atoms with Crippen LogP contribution in [-0.2, 0) is 27.5 Å². The summed E-state index contributed by atoms with van der Waals surface area (Å²) in [4.78, 5) is 12.0. The average molecular weight is 371 g/mol. The molecule has 27 heavy (non-hydrogen) atoms. The number of aliphatic hydroxyl groups is 1. The fourth-order valence-electron chi connectivity index (χ4n) is 2.91. The Hall–Kier alpha value is -2.70. The Morgan fingerprint density at radius 1 is 1.19 bits per heavy atom. The summed E-state index contributed by atoms with van der Waals surface area (Å²) in [5.74, 6) is -0.560. The number of carbonyl (C=O) groups is 1. The summed E-state index contributed by atoms with van der Waals surface area (Å²) in [6, 6.07) is 13.6. The Bertz CT molecular complexity index is 802. The molecule has 2 aromatic carbocycles. The van der Waals surface area contributed by atoms with Crippen LogP contribution in [0.25, 0.3) is 0 Å². The number of halogens is 1. The van der Waals surface area contributed by atoms with E-state index in [1.54, 1.807) is 18.2 Å². The van der Waals surface area contributed by atoms with Gasteiger partial charge in [-0.15, -0.1) is 0 Å². The van der Waals surface area contributed by atoms with Gasteiger partial charge in [-0.3, -0.25) is 4.79 Å². The summed E-state index contributed by atoms with van der Waals surface area (Å²) in [7, 11) is 1.53. The van der Waals surface area contributed by atoms with Gasteiger partial charge < -0.3 is 19.9 Å². The Morgan fingerprint density at radius 2 is 1.85 bits per heavy atom. The maximum absolute atomic E-state index is 13.2. The van der Waals surface area contributed by atoms with Gasteiger partial charge in [-0.2, -0.15) is 0 Å². The number of rotatable bonds is 6. The molecule has 0 fully saturated rings. The third-order valence-electron chi connectivity index (χ3n) is 4.45. The number of hydrogen-bond donors (Lipinski definition) is 2. The third kappa shape index (κ3) is 4.93. The van der Waals surface area contributed by atoms with E-state index in [-0.39, 0.29) is 30.0 Å². The number of allylic oxidation sites excluding steroid dienone is 1. The Morgan fingerprint density at radius 3 is 2.48 bits per heavy atom. The van der Waals surface area contributed by atoms with E-state index in [9.17, 15) is 9.18 Å². The van der Waals surface area contributed by atoms with Gasteiger partial charge in [-0.05, 0) is 34.9 Å². The number of likely N-dealkylation sites (N-methyl/N-ethyl adjacent to an activating group) is 1. The molecule has 0 aliphatic carbocycles. The highest BCUT2D eigenvalue weighted by molar-refractivity contribution is 5.91. The first kappa shape index (κ1) is 19.1. The molecular weight excluding hydrogens is 349 g/mol. The van der Waals surface area contributed by atoms with Gasteiger partial charge in [0.05, 0.1) is 13.2 Å². The van der Waals surface area contributed by atoms with Gasteiger partial charge >= 0.3 is 0 Å². The molecule has 0 aromatic heterocycles. The predicted molar refractivity (Wildman–Crippen MR) is 97.9 cm³/mol. The molecule has 1 heterocycles. The molecule has 142 valence electrons. The van der Waals surface area contributed by atoms with E-state index in [4.69, 9.17) is 14.6 Å². The molecular formula is C21H22FNO4. The van der Waals surface area contributed by atoms with Crippen molar-refractivity contribution in [3.8, 4) is 0 Å². The van der Waals surface area contributed by atoms with Gasteiger partial charge in [0, 0.05) is 19.4 Å². The molecule has 5 nitrogen and oxygen atoms in total. The second-order valence-corrected chi connectivity index (χ2v) is 6.34. The smallest absolute Gasteiger partial charge is 0.285 e. The number of ether oxygens (including phenoxy) is 2. The van der Waals surface area contributed by atoms with Crippen molar-refractivity contribution in [3.63, 3.8) is 0 Å².